The molecule has 1 N–H and O–H groups in total. The molecule has 0 amide bonds. The Balaban J connectivity index is 1.54. The van der Waals surface area contributed by atoms with E-state index in [9.17, 15) is 9.90 Å². The van der Waals surface area contributed by atoms with Crippen molar-refractivity contribution < 1.29 is 14.6 Å². The van der Waals surface area contributed by atoms with E-state index in [0.717, 1.165) is 32.6 Å². The van der Waals surface area contributed by atoms with E-state index < -0.39 is 5.60 Å². The van der Waals surface area contributed by atoms with Crippen molar-refractivity contribution in [2.75, 3.05) is 26.7 Å². The Morgan fingerprint density at radius 2 is 1.81 bits per heavy atom. The lowest BCUT2D eigenvalue weighted by Gasteiger charge is -2.42. The smallest absolute Gasteiger partial charge is 0.337 e. The summed E-state index contributed by atoms with van der Waals surface area (Å²) in [6, 6.07) is 16.3. The Bertz CT molecular complexity index is 1070. The molecule has 1 aliphatic rings. The molecule has 5 heteroatoms. The molecule has 2 aromatic carbocycles. The van der Waals surface area contributed by atoms with Crippen molar-refractivity contribution in [2.24, 2.45) is 5.92 Å². The average molecular weight is 421 g/mol. The maximum Gasteiger partial charge on any atom is 0.337 e. The minimum Gasteiger partial charge on any atom is -0.465 e. The highest BCUT2D eigenvalue weighted by Gasteiger charge is 2.31. The van der Waals surface area contributed by atoms with E-state index in [0.29, 0.717) is 11.5 Å². The van der Waals surface area contributed by atoms with Gasteiger partial charge in [0.25, 0.3) is 0 Å². The lowest BCUT2D eigenvalue weighted by molar-refractivity contribution is -0.0111. The third-order valence-corrected chi connectivity index (χ3v) is 6.20. The number of methoxy groups -OCH3 is 1. The van der Waals surface area contributed by atoms with Gasteiger partial charge in [0, 0.05) is 48.7 Å². The maximum absolute atomic E-state index is 11.7. The van der Waals surface area contributed by atoms with Gasteiger partial charge in [-0.25, -0.2) is 4.79 Å². The van der Waals surface area contributed by atoms with Crippen molar-refractivity contribution in [1.82, 2.24) is 9.47 Å². The Labute approximate surface area is 184 Å². The summed E-state index contributed by atoms with van der Waals surface area (Å²) in [7, 11) is 1.40. The molecule has 0 bridgehead atoms. The maximum atomic E-state index is 11.7. The number of carbonyl (C=O) groups is 1. The predicted octanol–water partition coefficient (Wildman–Crippen LogP) is 4.03. The van der Waals surface area contributed by atoms with Gasteiger partial charge < -0.3 is 14.4 Å². The van der Waals surface area contributed by atoms with E-state index in [-0.39, 0.29) is 5.97 Å². The molecule has 31 heavy (non-hydrogen) atoms. The average Bonchev–Trinajstić information content (AvgIpc) is 2.97. The molecule has 4 rings (SSSR count). The number of nitrogens with zero attached hydrogens (tertiary/aromatic N) is 2. The standard InChI is InChI=1S/C26H32N2O3/c1-18-23(13-19-9-11-21(12-10-19)25(29)31-4)22-7-5-6-8-24(22)28(18)16-20-14-27(15-20)17-26(2,3)30/h5-12,20,30H,13-17H2,1-4H3. The molecule has 0 atom stereocenters. The van der Waals surface area contributed by atoms with E-state index in [2.05, 4.69) is 40.7 Å². The molecule has 1 aromatic heterocycles. The first-order chi connectivity index (χ1) is 14.7. The summed E-state index contributed by atoms with van der Waals surface area (Å²) in [4.78, 5) is 14.0. The highest BCUT2D eigenvalue weighted by Crippen LogP contribution is 2.30. The number of fused-ring (bicyclic) bond motifs is 1. The van der Waals surface area contributed by atoms with Gasteiger partial charge in [-0.2, -0.15) is 0 Å². The molecular formula is C26H32N2O3. The van der Waals surface area contributed by atoms with Crippen LogP contribution in [0.15, 0.2) is 48.5 Å². The van der Waals surface area contributed by atoms with Gasteiger partial charge in [0.2, 0.25) is 0 Å². The number of aromatic nitrogens is 1. The zero-order valence-electron chi connectivity index (χ0n) is 18.9. The van der Waals surface area contributed by atoms with Crippen molar-refractivity contribution >= 4 is 16.9 Å². The van der Waals surface area contributed by atoms with Crippen LogP contribution in [0.5, 0.6) is 0 Å². The zero-order valence-corrected chi connectivity index (χ0v) is 18.9. The predicted molar refractivity (Wildman–Crippen MR) is 123 cm³/mol. The number of hydrogen-bond donors (Lipinski definition) is 1. The largest absolute Gasteiger partial charge is 0.465 e. The summed E-state index contributed by atoms with van der Waals surface area (Å²) in [5, 5.41) is 11.3. The normalized spacial score (nSPS) is 15.3. The molecule has 0 unspecified atom stereocenters. The minimum atomic E-state index is -0.641. The first-order valence-corrected chi connectivity index (χ1v) is 10.9. The van der Waals surface area contributed by atoms with Crippen molar-refractivity contribution in [3.05, 3.63) is 70.9 Å². The van der Waals surface area contributed by atoms with Crippen molar-refractivity contribution in [1.29, 1.82) is 0 Å². The Kier molecular flexibility index (Phi) is 5.91. The fraction of sp³-hybridized carbons (Fsp3) is 0.423. The zero-order chi connectivity index (χ0) is 22.2. The van der Waals surface area contributed by atoms with E-state index in [1.807, 2.05) is 38.1 Å². The van der Waals surface area contributed by atoms with Crippen LogP contribution >= 0.6 is 0 Å². The molecule has 5 nitrogen and oxygen atoms in total. The Morgan fingerprint density at radius 3 is 2.45 bits per heavy atom. The molecule has 164 valence electrons. The number of hydrogen-bond acceptors (Lipinski definition) is 4. The van der Waals surface area contributed by atoms with Gasteiger partial charge in [0.15, 0.2) is 0 Å². The number of carbonyl (C=O) groups excluding carboxylic acids is 1. The summed E-state index contributed by atoms with van der Waals surface area (Å²) in [5.41, 5.74) is 5.04. The molecule has 2 heterocycles. The van der Waals surface area contributed by atoms with Gasteiger partial charge in [-0.3, -0.25) is 4.90 Å². The lowest BCUT2D eigenvalue weighted by atomic mass is 9.97. The first-order valence-electron chi connectivity index (χ1n) is 10.9. The van der Waals surface area contributed by atoms with Crippen LogP contribution in [0.25, 0.3) is 10.9 Å². The first kappa shape index (κ1) is 21.6. The SMILES string of the molecule is COC(=O)c1ccc(Cc2c(C)n(CC3CN(CC(C)(C)O)C3)c3ccccc23)cc1. The van der Waals surface area contributed by atoms with Gasteiger partial charge in [-0.1, -0.05) is 30.3 Å². The Morgan fingerprint density at radius 1 is 1.13 bits per heavy atom. The highest BCUT2D eigenvalue weighted by atomic mass is 16.5. The van der Waals surface area contributed by atoms with Gasteiger partial charge >= 0.3 is 5.97 Å². The number of aliphatic hydroxyl groups is 1. The molecule has 0 aliphatic carbocycles. The number of para-hydroxylation sites is 1. The number of β-amino-alcohol motifs (C(OH)–C–C–N with tert-alkyl or cyclic N) is 1. The van der Waals surface area contributed by atoms with E-state index in [1.165, 1.54) is 34.8 Å². The van der Waals surface area contributed by atoms with Crippen LogP contribution in [0.2, 0.25) is 0 Å². The van der Waals surface area contributed by atoms with Crippen LogP contribution in [0, 0.1) is 12.8 Å². The van der Waals surface area contributed by atoms with Gasteiger partial charge in [0.05, 0.1) is 18.3 Å². The summed E-state index contributed by atoms with van der Waals surface area (Å²) < 4.78 is 7.26. The second-order valence-electron chi connectivity index (χ2n) is 9.43. The van der Waals surface area contributed by atoms with Gasteiger partial charge in [-0.15, -0.1) is 0 Å². The number of benzene rings is 2. The van der Waals surface area contributed by atoms with Crippen molar-refractivity contribution in [3.8, 4) is 0 Å². The number of ether oxygens (including phenoxy) is 1. The Hall–Kier alpha value is -2.63. The van der Waals surface area contributed by atoms with E-state index >= 15 is 0 Å². The van der Waals surface area contributed by atoms with Crippen LogP contribution in [0.4, 0.5) is 0 Å². The van der Waals surface area contributed by atoms with E-state index in [4.69, 9.17) is 4.74 Å². The molecule has 0 saturated carbocycles. The molecule has 0 spiro atoms. The summed E-state index contributed by atoms with van der Waals surface area (Å²) in [5.74, 6) is 0.294. The molecule has 1 saturated heterocycles. The molecular weight excluding hydrogens is 388 g/mol. The molecule has 1 aliphatic heterocycles. The van der Waals surface area contributed by atoms with Crippen molar-refractivity contribution in [2.45, 2.75) is 39.3 Å². The second-order valence-corrected chi connectivity index (χ2v) is 9.43. The van der Waals surface area contributed by atoms with Crippen LogP contribution in [-0.4, -0.2) is 52.9 Å². The van der Waals surface area contributed by atoms with Crippen LogP contribution in [-0.2, 0) is 17.7 Å². The number of likely N-dealkylation sites (tertiary alicyclic amines) is 1. The van der Waals surface area contributed by atoms with Gasteiger partial charge in [0.1, 0.15) is 0 Å². The van der Waals surface area contributed by atoms with Crippen LogP contribution in [0.3, 0.4) is 0 Å². The summed E-state index contributed by atoms with van der Waals surface area (Å²) in [6.45, 7) is 9.73. The lowest BCUT2D eigenvalue weighted by Crippen LogP contribution is -2.53. The third-order valence-electron chi connectivity index (χ3n) is 6.20. The van der Waals surface area contributed by atoms with E-state index in [1.54, 1.807) is 0 Å². The molecule has 1 fully saturated rings. The van der Waals surface area contributed by atoms with Crippen LogP contribution in [0.1, 0.15) is 41.0 Å². The summed E-state index contributed by atoms with van der Waals surface area (Å²) in [6.07, 6.45) is 0.830. The molecule has 3 aromatic rings. The van der Waals surface area contributed by atoms with Gasteiger partial charge in [-0.05, 0) is 56.5 Å². The summed E-state index contributed by atoms with van der Waals surface area (Å²) >= 11 is 0. The highest BCUT2D eigenvalue weighted by molar-refractivity contribution is 5.89. The number of esters is 1. The third kappa shape index (κ3) is 4.68. The number of rotatable bonds is 7. The van der Waals surface area contributed by atoms with Crippen LogP contribution < -0.4 is 0 Å². The molecule has 0 radical (unpaired) electrons. The second kappa shape index (κ2) is 8.48. The fourth-order valence-corrected chi connectivity index (χ4v) is 4.77. The fourth-order valence-electron chi connectivity index (χ4n) is 4.77. The monoisotopic (exact) mass is 420 g/mol. The van der Waals surface area contributed by atoms with Crippen molar-refractivity contribution in [3.63, 3.8) is 0 Å². The minimum absolute atomic E-state index is 0.307. The quantitative estimate of drug-likeness (QED) is 0.587. The topological polar surface area (TPSA) is 54.7 Å².